The summed E-state index contributed by atoms with van der Waals surface area (Å²) in [5.41, 5.74) is 1.11. The summed E-state index contributed by atoms with van der Waals surface area (Å²) in [7, 11) is 1.63. The monoisotopic (exact) mass is 320 g/mol. The molecule has 1 aliphatic carbocycles. The quantitative estimate of drug-likeness (QED) is 0.624. The van der Waals surface area contributed by atoms with Crippen LogP contribution in [-0.2, 0) is 16.0 Å². The number of benzene rings is 1. The SMILES string of the molecule is COc1ccc(C[C@H]2NC[C@H](O)[C@H]2OC(=O)CNC2CC2)cc1. The van der Waals surface area contributed by atoms with Crippen LogP contribution < -0.4 is 15.4 Å². The van der Waals surface area contributed by atoms with Crippen molar-refractivity contribution in [1.82, 2.24) is 10.6 Å². The Morgan fingerprint density at radius 1 is 1.35 bits per heavy atom. The lowest BCUT2D eigenvalue weighted by atomic mass is 10.0. The van der Waals surface area contributed by atoms with Crippen molar-refractivity contribution in [2.24, 2.45) is 0 Å². The Morgan fingerprint density at radius 2 is 2.09 bits per heavy atom. The second kappa shape index (κ2) is 7.29. The molecule has 3 N–H and O–H groups in total. The number of nitrogens with one attached hydrogen (secondary N) is 2. The van der Waals surface area contributed by atoms with Crippen LogP contribution in [0.4, 0.5) is 0 Å². The van der Waals surface area contributed by atoms with Crippen molar-refractivity contribution in [3.05, 3.63) is 29.8 Å². The van der Waals surface area contributed by atoms with Crippen LogP contribution in [0.15, 0.2) is 24.3 Å². The molecule has 2 fully saturated rings. The van der Waals surface area contributed by atoms with Crippen molar-refractivity contribution in [2.45, 2.75) is 43.6 Å². The highest BCUT2D eigenvalue weighted by atomic mass is 16.6. The topological polar surface area (TPSA) is 79.8 Å². The first-order valence-corrected chi connectivity index (χ1v) is 8.13. The number of hydrogen-bond acceptors (Lipinski definition) is 6. The van der Waals surface area contributed by atoms with Crippen LogP contribution in [0, 0.1) is 0 Å². The van der Waals surface area contributed by atoms with E-state index in [1.165, 1.54) is 0 Å². The summed E-state index contributed by atoms with van der Waals surface area (Å²) in [6.45, 7) is 0.651. The molecule has 2 aliphatic rings. The Kier molecular flexibility index (Phi) is 5.15. The average Bonchev–Trinajstić information content (AvgIpc) is 3.34. The molecule has 6 nitrogen and oxygen atoms in total. The van der Waals surface area contributed by atoms with Gasteiger partial charge in [0, 0.05) is 12.6 Å². The van der Waals surface area contributed by atoms with Gasteiger partial charge in [-0.3, -0.25) is 4.79 Å². The fourth-order valence-electron chi connectivity index (χ4n) is 2.85. The van der Waals surface area contributed by atoms with Gasteiger partial charge in [0.1, 0.15) is 18.0 Å². The molecule has 1 saturated carbocycles. The van der Waals surface area contributed by atoms with Gasteiger partial charge in [0.15, 0.2) is 0 Å². The van der Waals surface area contributed by atoms with Gasteiger partial charge < -0.3 is 25.2 Å². The molecule has 3 atom stereocenters. The largest absolute Gasteiger partial charge is 0.497 e. The molecule has 1 aliphatic heterocycles. The lowest BCUT2D eigenvalue weighted by Crippen LogP contribution is -2.41. The highest BCUT2D eigenvalue weighted by Crippen LogP contribution is 2.20. The predicted octanol–water partition coefficient (Wildman–Crippen LogP) is 0.234. The predicted molar refractivity (Wildman–Crippen MR) is 85.4 cm³/mol. The van der Waals surface area contributed by atoms with Crippen LogP contribution in [0.2, 0.25) is 0 Å². The first-order valence-electron chi connectivity index (χ1n) is 8.13. The number of rotatable bonds is 7. The maximum Gasteiger partial charge on any atom is 0.320 e. The summed E-state index contributed by atoms with van der Waals surface area (Å²) in [5, 5.41) is 16.4. The van der Waals surface area contributed by atoms with Crippen molar-refractivity contribution in [2.75, 3.05) is 20.2 Å². The van der Waals surface area contributed by atoms with E-state index in [1.807, 2.05) is 24.3 Å². The number of aliphatic hydroxyl groups excluding tert-OH is 1. The van der Waals surface area contributed by atoms with E-state index < -0.39 is 12.2 Å². The minimum Gasteiger partial charge on any atom is -0.497 e. The number of methoxy groups -OCH3 is 1. The van der Waals surface area contributed by atoms with Gasteiger partial charge in [-0.1, -0.05) is 12.1 Å². The maximum atomic E-state index is 11.9. The third kappa shape index (κ3) is 4.43. The van der Waals surface area contributed by atoms with Crippen molar-refractivity contribution < 1.29 is 19.4 Å². The van der Waals surface area contributed by atoms with E-state index in [1.54, 1.807) is 7.11 Å². The summed E-state index contributed by atoms with van der Waals surface area (Å²) in [6.07, 6.45) is 1.77. The third-order valence-electron chi connectivity index (χ3n) is 4.36. The Morgan fingerprint density at radius 3 is 2.74 bits per heavy atom. The lowest BCUT2D eigenvalue weighted by molar-refractivity contribution is -0.152. The number of ether oxygens (including phenoxy) is 2. The molecular formula is C17H24N2O4. The lowest BCUT2D eigenvalue weighted by Gasteiger charge is -2.22. The Balaban J connectivity index is 1.54. The minimum absolute atomic E-state index is 0.0803. The summed E-state index contributed by atoms with van der Waals surface area (Å²) < 4.78 is 10.6. The molecule has 23 heavy (non-hydrogen) atoms. The molecule has 0 bridgehead atoms. The number of aliphatic hydroxyl groups is 1. The second-order valence-electron chi connectivity index (χ2n) is 6.24. The molecule has 1 saturated heterocycles. The summed E-state index contributed by atoms with van der Waals surface area (Å²) >= 11 is 0. The zero-order chi connectivity index (χ0) is 16.2. The maximum absolute atomic E-state index is 11.9. The van der Waals surface area contributed by atoms with Gasteiger partial charge in [-0.15, -0.1) is 0 Å². The molecule has 1 aromatic carbocycles. The third-order valence-corrected chi connectivity index (χ3v) is 4.36. The van der Waals surface area contributed by atoms with Crippen LogP contribution in [0.3, 0.4) is 0 Å². The van der Waals surface area contributed by atoms with Gasteiger partial charge in [0.05, 0.1) is 19.7 Å². The van der Waals surface area contributed by atoms with Crippen molar-refractivity contribution >= 4 is 5.97 Å². The van der Waals surface area contributed by atoms with Gasteiger partial charge in [0.2, 0.25) is 0 Å². The van der Waals surface area contributed by atoms with E-state index in [4.69, 9.17) is 9.47 Å². The van der Waals surface area contributed by atoms with Crippen LogP contribution in [0.5, 0.6) is 5.75 Å². The van der Waals surface area contributed by atoms with Gasteiger partial charge in [-0.25, -0.2) is 0 Å². The van der Waals surface area contributed by atoms with E-state index in [-0.39, 0.29) is 18.6 Å². The Bertz CT molecular complexity index is 530. The van der Waals surface area contributed by atoms with E-state index in [0.717, 1.165) is 24.2 Å². The van der Waals surface area contributed by atoms with E-state index in [9.17, 15) is 9.90 Å². The van der Waals surface area contributed by atoms with Gasteiger partial charge in [-0.2, -0.15) is 0 Å². The number of hydrogen-bond donors (Lipinski definition) is 3. The number of esters is 1. The zero-order valence-electron chi connectivity index (χ0n) is 13.3. The van der Waals surface area contributed by atoms with Crippen molar-refractivity contribution in [1.29, 1.82) is 0 Å². The fraction of sp³-hybridized carbons (Fsp3) is 0.588. The molecule has 0 spiro atoms. The molecule has 0 amide bonds. The van der Waals surface area contributed by atoms with Gasteiger partial charge in [0.25, 0.3) is 0 Å². The zero-order valence-corrected chi connectivity index (χ0v) is 13.3. The van der Waals surface area contributed by atoms with Crippen LogP contribution in [-0.4, -0.2) is 55.6 Å². The van der Waals surface area contributed by atoms with Crippen molar-refractivity contribution in [3.63, 3.8) is 0 Å². The Labute approximate surface area is 136 Å². The fourth-order valence-corrected chi connectivity index (χ4v) is 2.85. The molecule has 3 rings (SSSR count). The molecule has 126 valence electrons. The standard InChI is InChI=1S/C17H24N2O4/c1-22-13-6-2-11(3-7-13)8-14-17(15(20)9-19-14)23-16(21)10-18-12-4-5-12/h2-3,6-7,12,14-15,17-20H,4-5,8-10H2,1H3/t14-,15+,17+/m1/s1. The normalized spacial score (nSPS) is 27.0. The highest BCUT2D eigenvalue weighted by Gasteiger charge is 2.37. The average molecular weight is 320 g/mol. The number of β-amino-alcohol motifs (C(OH)–C–C–N with tert-alkyl or cyclic N) is 1. The van der Waals surface area contributed by atoms with Gasteiger partial charge >= 0.3 is 5.97 Å². The molecule has 1 heterocycles. The molecular weight excluding hydrogens is 296 g/mol. The van der Waals surface area contributed by atoms with Crippen molar-refractivity contribution in [3.8, 4) is 5.75 Å². The smallest absolute Gasteiger partial charge is 0.320 e. The first kappa shape index (κ1) is 16.2. The molecule has 0 aromatic heterocycles. The molecule has 0 unspecified atom stereocenters. The van der Waals surface area contributed by atoms with Crippen LogP contribution in [0.25, 0.3) is 0 Å². The van der Waals surface area contributed by atoms with E-state index in [2.05, 4.69) is 10.6 Å². The highest BCUT2D eigenvalue weighted by molar-refractivity contribution is 5.72. The molecule has 1 aromatic rings. The molecule has 0 radical (unpaired) electrons. The number of carbonyl (C=O) groups excluding carboxylic acids is 1. The molecule has 6 heteroatoms. The van der Waals surface area contributed by atoms with E-state index in [0.29, 0.717) is 19.0 Å². The summed E-state index contributed by atoms with van der Waals surface area (Å²) in [4.78, 5) is 11.9. The van der Waals surface area contributed by atoms with Crippen LogP contribution in [0.1, 0.15) is 18.4 Å². The minimum atomic E-state index is -0.664. The van der Waals surface area contributed by atoms with E-state index >= 15 is 0 Å². The van der Waals surface area contributed by atoms with Crippen LogP contribution >= 0.6 is 0 Å². The summed E-state index contributed by atoms with van der Waals surface area (Å²) in [5.74, 6) is 0.506. The first-order chi connectivity index (χ1) is 11.2. The summed E-state index contributed by atoms with van der Waals surface area (Å²) in [6, 6.07) is 8.16. The van der Waals surface area contributed by atoms with Gasteiger partial charge in [-0.05, 0) is 37.0 Å². The second-order valence-corrected chi connectivity index (χ2v) is 6.24. The number of carbonyl (C=O) groups is 1. The Hall–Kier alpha value is -1.63.